The van der Waals surface area contributed by atoms with Crippen molar-refractivity contribution in [2.24, 2.45) is 0 Å². The summed E-state index contributed by atoms with van der Waals surface area (Å²) in [6, 6.07) is 11.7. The van der Waals surface area contributed by atoms with Gasteiger partial charge in [-0.15, -0.1) is 0 Å². The zero-order valence-electron chi connectivity index (χ0n) is 15.0. The molecule has 0 unspecified atom stereocenters. The number of aromatic nitrogens is 4. The van der Waals surface area contributed by atoms with Crippen molar-refractivity contribution in [2.45, 2.75) is 25.6 Å². The fraction of sp³-hybridized carbons (Fsp3) is 0.300. The molecule has 1 atom stereocenters. The Labute approximate surface area is 158 Å². The van der Waals surface area contributed by atoms with E-state index in [4.69, 9.17) is 0 Å². The van der Waals surface area contributed by atoms with Gasteiger partial charge in [-0.3, -0.25) is 24.3 Å². The number of fused-ring (bicyclic) bond motifs is 1. The molecule has 0 saturated carbocycles. The molecule has 0 fully saturated rings. The van der Waals surface area contributed by atoms with E-state index in [2.05, 4.69) is 42.1 Å². The fourth-order valence-corrected chi connectivity index (χ4v) is 3.48. The van der Waals surface area contributed by atoms with Gasteiger partial charge in [0.05, 0.1) is 17.4 Å². The first-order valence-electron chi connectivity index (χ1n) is 9.12. The molecule has 4 heterocycles. The third-order valence-corrected chi connectivity index (χ3v) is 4.77. The van der Waals surface area contributed by atoms with E-state index >= 15 is 0 Å². The summed E-state index contributed by atoms with van der Waals surface area (Å²) in [6.45, 7) is 3.15. The van der Waals surface area contributed by atoms with Gasteiger partial charge in [0, 0.05) is 56.5 Å². The third kappa shape index (κ3) is 4.20. The molecule has 0 bridgehead atoms. The van der Waals surface area contributed by atoms with Gasteiger partial charge in [-0.05, 0) is 36.8 Å². The Balaban J connectivity index is 1.37. The average molecular weight is 362 g/mol. The average Bonchev–Trinajstić information content (AvgIpc) is 3.18. The van der Waals surface area contributed by atoms with Crippen LogP contribution in [0.5, 0.6) is 0 Å². The van der Waals surface area contributed by atoms with Crippen LogP contribution in [0.15, 0.2) is 61.2 Å². The minimum absolute atomic E-state index is 0.0701. The van der Waals surface area contributed by atoms with Gasteiger partial charge in [0.25, 0.3) is 5.91 Å². The van der Waals surface area contributed by atoms with Gasteiger partial charge in [0.15, 0.2) is 0 Å². The van der Waals surface area contributed by atoms with Gasteiger partial charge >= 0.3 is 0 Å². The lowest BCUT2D eigenvalue weighted by Gasteiger charge is -2.33. The van der Waals surface area contributed by atoms with Crippen molar-refractivity contribution in [3.05, 3.63) is 78.1 Å². The van der Waals surface area contributed by atoms with Gasteiger partial charge < -0.3 is 5.32 Å². The first kappa shape index (κ1) is 17.4. The number of hydrogen-bond acceptors (Lipinski definition) is 5. The first-order valence-corrected chi connectivity index (χ1v) is 9.12. The lowest BCUT2D eigenvalue weighted by molar-refractivity contribution is 0.0946. The number of nitrogens with zero attached hydrogens (tertiary/aromatic N) is 5. The highest BCUT2D eigenvalue weighted by molar-refractivity contribution is 5.93. The Morgan fingerprint density at radius 3 is 2.81 bits per heavy atom. The van der Waals surface area contributed by atoms with E-state index in [0.717, 1.165) is 31.7 Å². The number of amides is 1. The highest BCUT2D eigenvalue weighted by Gasteiger charge is 2.25. The van der Waals surface area contributed by atoms with E-state index in [9.17, 15) is 4.79 Å². The molecule has 0 saturated heterocycles. The largest absolute Gasteiger partial charge is 0.352 e. The highest BCUT2D eigenvalue weighted by atomic mass is 16.1. The van der Waals surface area contributed by atoms with E-state index in [1.54, 1.807) is 24.5 Å². The molecular weight excluding hydrogens is 340 g/mol. The van der Waals surface area contributed by atoms with Gasteiger partial charge in [-0.2, -0.15) is 5.10 Å². The van der Waals surface area contributed by atoms with Crippen molar-refractivity contribution in [3.8, 4) is 0 Å². The number of pyridine rings is 2. The van der Waals surface area contributed by atoms with Crippen molar-refractivity contribution < 1.29 is 4.79 Å². The summed E-state index contributed by atoms with van der Waals surface area (Å²) >= 11 is 0. The van der Waals surface area contributed by atoms with Crippen LogP contribution in [0.4, 0.5) is 0 Å². The Morgan fingerprint density at radius 1 is 1.11 bits per heavy atom. The topological polar surface area (TPSA) is 75.9 Å². The summed E-state index contributed by atoms with van der Waals surface area (Å²) in [7, 11) is 0. The molecule has 1 N–H and O–H groups in total. The molecule has 7 heteroatoms. The van der Waals surface area contributed by atoms with Crippen LogP contribution in [0.3, 0.4) is 0 Å². The molecular formula is C20H22N6O. The molecule has 0 aliphatic carbocycles. The van der Waals surface area contributed by atoms with Crippen LogP contribution in [0.25, 0.3) is 0 Å². The van der Waals surface area contributed by atoms with Crippen LogP contribution in [0, 0.1) is 0 Å². The van der Waals surface area contributed by atoms with Gasteiger partial charge in [-0.25, -0.2) is 0 Å². The summed E-state index contributed by atoms with van der Waals surface area (Å²) < 4.78 is 2.09. The molecule has 3 aromatic heterocycles. The second-order valence-corrected chi connectivity index (χ2v) is 6.69. The van der Waals surface area contributed by atoms with Gasteiger partial charge in [0.1, 0.15) is 0 Å². The SMILES string of the molecule is O=C(NCC[C@H]1CN(Cc2ccccn2)Cc2ccnn21)c1ccncc1. The minimum atomic E-state index is -0.0701. The summed E-state index contributed by atoms with van der Waals surface area (Å²) in [5.74, 6) is -0.0701. The lowest BCUT2D eigenvalue weighted by Crippen LogP contribution is -2.39. The van der Waals surface area contributed by atoms with E-state index < -0.39 is 0 Å². The van der Waals surface area contributed by atoms with Crippen molar-refractivity contribution >= 4 is 5.91 Å². The number of carbonyl (C=O) groups is 1. The summed E-state index contributed by atoms with van der Waals surface area (Å²) in [5.41, 5.74) is 2.89. The van der Waals surface area contributed by atoms with Gasteiger partial charge in [0.2, 0.25) is 0 Å². The molecule has 7 nitrogen and oxygen atoms in total. The Hall–Kier alpha value is -3.06. The molecule has 1 aliphatic rings. The Morgan fingerprint density at radius 2 is 2.00 bits per heavy atom. The maximum absolute atomic E-state index is 12.2. The standard InChI is InChI=1S/C20H22N6O/c27-20(16-4-9-21-10-5-16)23-11-6-18-14-25(13-17-3-1-2-8-22-17)15-19-7-12-24-26(18)19/h1-5,7-10,12,18H,6,11,13-15H2,(H,23,27)/t18-/m0/s1. The van der Waals surface area contributed by atoms with Crippen molar-refractivity contribution in [2.75, 3.05) is 13.1 Å². The predicted molar refractivity (Wildman–Crippen MR) is 101 cm³/mol. The Kier molecular flexibility index (Phi) is 5.20. The number of nitrogens with one attached hydrogen (secondary N) is 1. The maximum Gasteiger partial charge on any atom is 0.251 e. The third-order valence-electron chi connectivity index (χ3n) is 4.77. The first-order chi connectivity index (χ1) is 13.3. The number of carbonyl (C=O) groups excluding carboxylic acids is 1. The zero-order chi connectivity index (χ0) is 18.5. The molecule has 0 radical (unpaired) electrons. The van der Waals surface area contributed by atoms with Gasteiger partial charge in [-0.1, -0.05) is 6.07 Å². The molecule has 4 rings (SSSR count). The van der Waals surface area contributed by atoms with Crippen LogP contribution in [-0.2, 0) is 13.1 Å². The summed E-state index contributed by atoms with van der Waals surface area (Å²) in [6.07, 6.45) is 7.76. The quantitative estimate of drug-likeness (QED) is 0.726. The molecule has 0 spiro atoms. The van der Waals surface area contributed by atoms with Crippen LogP contribution in [-0.4, -0.2) is 43.6 Å². The molecule has 138 valence electrons. The van der Waals surface area contributed by atoms with Crippen molar-refractivity contribution in [1.82, 2.24) is 30.0 Å². The normalized spacial score (nSPS) is 16.7. The second kappa shape index (κ2) is 8.09. The van der Waals surface area contributed by atoms with E-state index in [1.807, 2.05) is 24.5 Å². The minimum Gasteiger partial charge on any atom is -0.352 e. The van der Waals surface area contributed by atoms with Crippen LogP contribution in [0.2, 0.25) is 0 Å². The molecule has 0 aromatic carbocycles. The van der Waals surface area contributed by atoms with Crippen LogP contribution >= 0.6 is 0 Å². The number of rotatable bonds is 6. The lowest BCUT2D eigenvalue weighted by atomic mass is 10.1. The van der Waals surface area contributed by atoms with E-state index in [0.29, 0.717) is 12.1 Å². The smallest absolute Gasteiger partial charge is 0.251 e. The fourth-order valence-electron chi connectivity index (χ4n) is 3.48. The Bertz CT molecular complexity index is 880. The summed E-state index contributed by atoms with van der Waals surface area (Å²) in [5, 5.41) is 7.48. The van der Waals surface area contributed by atoms with Crippen LogP contribution in [0.1, 0.15) is 34.2 Å². The van der Waals surface area contributed by atoms with E-state index in [1.165, 1.54) is 5.69 Å². The molecule has 1 aliphatic heterocycles. The molecule has 3 aromatic rings. The molecule has 27 heavy (non-hydrogen) atoms. The maximum atomic E-state index is 12.2. The van der Waals surface area contributed by atoms with E-state index in [-0.39, 0.29) is 11.9 Å². The molecule has 1 amide bonds. The number of hydrogen-bond donors (Lipinski definition) is 1. The van der Waals surface area contributed by atoms with Crippen molar-refractivity contribution in [1.29, 1.82) is 0 Å². The zero-order valence-corrected chi connectivity index (χ0v) is 15.0. The summed E-state index contributed by atoms with van der Waals surface area (Å²) in [4.78, 5) is 23.0. The second-order valence-electron chi connectivity index (χ2n) is 6.69. The van der Waals surface area contributed by atoms with Crippen molar-refractivity contribution in [3.63, 3.8) is 0 Å². The highest BCUT2D eigenvalue weighted by Crippen LogP contribution is 2.23. The predicted octanol–water partition coefficient (Wildman–Crippen LogP) is 2.05. The van der Waals surface area contributed by atoms with Crippen LogP contribution < -0.4 is 5.32 Å². The monoisotopic (exact) mass is 362 g/mol.